The Kier molecular flexibility index (Phi) is 7.81. The quantitative estimate of drug-likeness (QED) is 0.728. The molecule has 0 unspecified atom stereocenters. The molecule has 2 N–H and O–H groups in total. The number of carbonyl (C=O) groups excluding carboxylic acids is 1. The van der Waals surface area contributed by atoms with Crippen molar-refractivity contribution in [2.45, 2.75) is 37.9 Å². The summed E-state index contributed by atoms with van der Waals surface area (Å²) in [6, 6.07) is 14.2. The van der Waals surface area contributed by atoms with Gasteiger partial charge < -0.3 is 15.2 Å². The van der Waals surface area contributed by atoms with E-state index in [1.165, 1.54) is 5.56 Å². The fourth-order valence-corrected chi connectivity index (χ4v) is 5.16. The van der Waals surface area contributed by atoms with Crippen LogP contribution in [0.25, 0.3) is 0 Å². The van der Waals surface area contributed by atoms with Crippen LogP contribution in [0.15, 0.2) is 47.3 Å². The van der Waals surface area contributed by atoms with Crippen molar-refractivity contribution in [3.8, 4) is 0 Å². The molecule has 8 heteroatoms. The second-order valence-electron chi connectivity index (χ2n) is 8.72. The van der Waals surface area contributed by atoms with E-state index in [9.17, 15) is 9.59 Å². The summed E-state index contributed by atoms with van der Waals surface area (Å²) in [6.07, 6.45) is 2.05. The van der Waals surface area contributed by atoms with Crippen LogP contribution in [0, 0.1) is 5.92 Å². The number of pyridine rings is 1. The van der Waals surface area contributed by atoms with Crippen LogP contribution >= 0.6 is 24.8 Å². The van der Waals surface area contributed by atoms with E-state index in [0.29, 0.717) is 18.4 Å². The predicted molar refractivity (Wildman–Crippen MR) is 127 cm³/mol. The molecule has 0 radical (unpaired) electrons. The first kappa shape index (κ1) is 23.8. The minimum atomic E-state index is -0.231. The van der Waals surface area contributed by atoms with Crippen LogP contribution in [-0.4, -0.2) is 47.6 Å². The summed E-state index contributed by atoms with van der Waals surface area (Å²) in [7, 11) is 0. The molecule has 168 valence electrons. The van der Waals surface area contributed by atoms with E-state index < -0.39 is 0 Å². The lowest BCUT2D eigenvalue weighted by atomic mass is 9.84. The molecule has 5 rings (SSSR count). The number of halogens is 2. The van der Waals surface area contributed by atoms with Crippen molar-refractivity contribution in [1.29, 1.82) is 0 Å². The molecule has 2 fully saturated rings. The molecule has 3 aliphatic rings. The Bertz CT molecular complexity index is 966. The van der Waals surface area contributed by atoms with E-state index >= 15 is 0 Å². The Morgan fingerprint density at radius 1 is 1.06 bits per heavy atom. The fourth-order valence-electron chi connectivity index (χ4n) is 5.16. The number of benzene rings is 1. The Balaban J connectivity index is 0.00000136. The molecule has 0 saturated carbocycles. The lowest BCUT2D eigenvalue weighted by molar-refractivity contribution is 0.0934. The number of carbonyl (C=O) groups is 1. The monoisotopic (exact) mass is 464 g/mol. The van der Waals surface area contributed by atoms with Gasteiger partial charge in [-0.1, -0.05) is 30.3 Å². The maximum Gasteiger partial charge on any atom is 0.263 e. The van der Waals surface area contributed by atoms with Crippen molar-refractivity contribution in [2.75, 3.05) is 26.2 Å². The lowest BCUT2D eigenvalue weighted by Gasteiger charge is -2.37. The molecule has 31 heavy (non-hydrogen) atoms. The molecular weight excluding hydrogens is 435 g/mol. The van der Waals surface area contributed by atoms with Gasteiger partial charge in [0.05, 0.1) is 0 Å². The van der Waals surface area contributed by atoms with Crippen LogP contribution in [0.5, 0.6) is 0 Å². The molecule has 2 aromatic rings. The molecule has 0 aliphatic carbocycles. The van der Waals surface area contributed by atoms with Gasteiger partial charge in [0.2, 0.25) is 0 Å². The van der Waals surface area contributed by atoms with Gasteiger partial charge in [0, 0.05) is 50.4 Å². The Labute approximate surface area is 195 Å². The van der Waals surface area contributed by atoms with Gasteiger partial charge in [0.25, 0.3) is 11.5 Å². The fraction of sp³-hybridized carbons (Fsp3) is 0.478. The number of nitrogens with one attached hydrogen (secondary N) is 2. The Morgan fingerprint density at radius 3 is 2.68 bits per heavy atom. The molecule has 1 amide bonds. The summed E-state index contributed by atoms with van der Waals surface area (Å²) in [5.74, 6) is 0.637. The highest BCUT2D eigenvalue weighted by Crippen LogP contribution is 2.31. The summed E-state index contributed by atoms with van der Waals surface area (Å²) in [5.41, 5.74) is 2.51. The minimum absolute atomic E-state index is 0. The van der Waals surface area contributed by atoms with Gasteiger partial charge in [-0.15, -0.1) is 24.8 Å². The molecule has 1 aromatic carbocycles. The molecule has 4 heterocycles. The van der Waals surface area contributed by atoms with Crippen LogP contribution in [0.1, 0.15) is 40.4 Å². The third kappa shape index (κ3) is 4.98. The molecule has 3 atom stereocenters. The molecule has 0 spiro atoms. The molecule has 2 bridgehead atoms. The van der Waals surface area contributed by atoms with Gasteiger partial charge in [0.15, 0.2) is 0 Å². The zero-order valence-corrected chi connectivity index (χ0v) is 19.1. The summed E-state index contributed by atoms with van der Waals surface area (Å²) in [5, 5.41) is 6.56. The summed E-state index contributed by atoms with van der Waals surface area (Å²) >= 11 is 0. The molecule has 1 aromatic heterocycles. The van der Waals surface area contributed by atoms with E-state index in [4.69, 9.17) is 0 Å². The van der Waals surface area contributed by atoms with E-state index in [-0.39, 0.29) is 47.9 Å². The second kappa shape index (κ2) is 10.2. The number of rotatable bonds is 4. The lowest BCUT2D eigenvalue weighted by Crippen LogP contribution is -2.47. The predicted octanol–water partition coefficient (Wildman–Crippen LogP) is 2.40. The third-order valence-corrected chi connectivity index (χ3v) is 6.61. The number of hydrogen-bond donors (Lipinski definition) is 2. The topological polar surface area (TPSA) is 66.4 Å². The van der Waals surface area contributed by atoms with Crippen LogP contribution in [-0.2, 0) is 13.1 Å². The number of likely N-dealkylation sites (tertiary alicyclic amines) is 1. The van der Waals surface area contributed by atoms with Crippen molar-refractivity contribution >= 4 is 30.7 Å². The number of hydrogen-bond acceptors (Lipinski definition) is 4. The SMILES string of the molecule is Cl.Cl.O=C(N[C@H]1CCN(Cc2ccccc2)C1)c1ccc2n(c1=O)C[C@@H]1CNC[C@H]2C1. The van der Waals surface area contributed by atoms with Gasteiger partial charge in [-0.05, 0) is 43.0 Å². The van der Waals surface area contributed by atoms with E-state index in [1.54, 1.807) is 6.07 Å². The average molecular weight is 465 g/mol. The first-order valence-corrected chi connectivity index (χ1v) is 10.7. The van der Waals surface area contributed by atoms with Gasteiger partial charge in [-0.2, -0.15) is 0 Å². The maximum absolute atomic E-state index is 13.0. The summed E-state index contributed by atoms with van der Waals surface area (Å²) in [6.45, 7) is 5.26. The van der Waals surface area contributed by atoms with E-state index in [0.717, 1.165) is 51.3 Å². The largest absolute Gasteiger partial charge is 0.348 e. The number of piperidine rings is 1. The molecule has 6 nitrogen and oxygen atoms in total. The minimum Gasteiger partial charge on any atom is -0.348 e. The second-order valence-corrected chi connectivity index (χ2v) is 8.72. The van der Waals surface area contributed by atoms with Gasteiger partial charge in [-0.25, -0.2) is 0 Å². The highest BCUT2D eigenvalue weighted by atomic mass is 35.5. The van der Waals surface area contributed by atoms with Crippen molar-refractivity contribution < 1.29 is 4.79 Å². The first-order chi connectivity index (χ1) is 14.2. The maximum atomic E-state index is 13.0. The Morgan fingerprint density at radius 2 is 1.87 bits per heavy atom. The molecular formula is C23H30Cl2N4O2. The average Bonchev–Trinajstić information content (AvgIpc) is 3.16. The standard InChI is InChI=1S/C23H28N4O2.2ClH/c28-22(25-19-8-9-26(15-19)13-16-4-2-1-3-5-16)20-6-7-21-18-10-17(11-24-12-18)14-27(21)23(20)29;;/h1-7,17-19,24H,8-15H2,(H,25,28);2*1H/t17-,18+,19-;;/m0../s1. The van der Waals surface area contributed by atoms with E-state index in [2.05, 4.69) is 39.8 Å². The Hall–Kier alpha value is -1.86. The highest BCUT2D eigenvalue weighted by molar-refractivity contribution is 5.94. The van der Waals surface area contributed by atoms with Crippen LogP contribution < -0.4 is 16.2 Å². The normalized spacial score (nSPS) is 24.5. The van der Waals surface area contributed by atoms with Crippen molar-refractivity contribution in [2.24, 2.45) is 5.92 Å². The zero-order valence-electron chi connectivity index (χ0n) is 17.5. The van der Waals surface area contributed by atoms with Gasteiger partial charge in [0.1, 0.15) is 5.56 Å². The van der Waals surface area contributed by atoms with Crippen LogP contribution in [0.3, 0.4) is 0 Å². The zero-order chi connectivity index (χ0) is 19.8. The molecule has 2 saturated heterocycles. The smallest absolute Gasteiger partial charge is 0.263 e. The summed E-state index contributed by atoms with van der Waals surface area (Å²) in [4.78, 5) is 28.3. The molecule has 3 aliphatic heterocycles. The number of nitrogens with zero attached hydrogens (tertiary/aromatic N) is 2. The number of amides is 1. The van der Waals surface area contributed by atoms with Crippen molar-refractivity contribution in [1.82, 2.24) is 20.1 Å². The van der Waals surface area contributed by atoms with Crippen molar-refractivity contribution in [3.05, 3.63) is 69.6 Å². The van der Waals surface area contributed by atoms with Crippen LogP contribution in [0.2, 0.25) is 0 Å². The number of aromatic nitrogens is 1. The van der Waals surface area contributed by atoms with Gasteiger partial charge >= 0.3 is 0 Å². The van der Waals surface area contributed by atoms with Crippen molar-refractivity contribution in [3.63, 3.8) is 0 Å². The first-order valence-electron chi connectivity index (χ1n) is 10.7. The van der Waals surface area contributed by atoms with Gasteiger partial charge in [-0.3, -0.25) is 14.5 Å². The highest BCUT2D eigenvalue weighted by Gasteiger charge is 2.32. The summed E-state index contributed by atoms with van der Waals surface area (Å²) < 4.78 is 1.85. The van der Waals surface area contributed by atoms with E-state index in [1.807, 2.05) is 16.7 Å². The third-order valence-electron chi connectivity index (χ3n) is 6.61. The van der Waals surface area contributed by atoms with Crippen LogP contribution in [0.4, 0.5) is 0 Å². The number of fused-ring (bicyclic) bond motifs is 4.